The van der Waals surface area contributed by atoms with Crippen LogP contribution in [0, 0.1) is 6.92 Å². The summed E-state index contributed by atoms with van der Waals surface area (Å²) < 4.78 is 2.44. The summed E-state index contributed by atoms with van der Waals surface area (Å²) in [6.45, 7) is 1.70. The molecule has 17 heavy (non-hydrogen) atoms. The summed E-state index contributed by atoms with van der Waals surface area (Å²) in [7, 11) is 0. The lowest BCUT2D eigenvalue weighted by atomic mass is 10.2. The molecule has 0 unspecified atom stereocenters. The average Bonchev–Trinajstić information content (AvgIpc) is 2.55. The van der Waals surface area contributed by atoms with E-state index < -0.39 is 5.91 Å². The van der Waals surface area contributed by atoms with Gasteiger partial charge in [-0.15, -0.1) is 0 Å². The zero-order valence-electron chi connectivity index (χ0n) is 8.95. The van der Waals surface area contributed by atoms with Gasteiger partial charge in [-0.2, -0.15) is 5.10 Å². The first-order valence-corrected chi connectivity index (χ1v) is 5.98. The van der Waals surface area contributed by atoms with Crippen LogP contribution in [0.25, 0.3) is 5.69 Å². The number of aromatic nitrogens is 2. The summed E-state index contributed by atoms with van der Waals surface area (Å²) in [6.07, 6.45) is 0. The fraction of sp³-hybridized carbons (Fsp3) is 0.0909. The highest BCUT2D eigenvalue weighted by Gasteiger charge is 2.18. The van der Waals surface area contributed by atoms with Crippen LogP contribution in [0.15, 0.2) is 28.7 Å². The summed E-state index contributed by atoms with van der Waals surface area (Å²) in [5, 5.41) is 4.43. The molecule has 1 amide bonds. The molecule has 0 spiro atoms. The first-order chi connectivity index (χ1) is 8.00. The molecule has 2 N–H and O–H groups in total. The molecule has 2 rings (SSSR count). The number of primary amides is 1. The van der Waals surface area contributed by atoms with Crippen LogP contribution in [0.2, 0.25) is 5.15 Å². The monoisotopic (exact) mass is 313 g/mol. The van der Waals surface area contributed by atoms with E-state index in [1.807, 2.05) is 24.3 Å². The molecule has 0 saturated heterocycles. The predicted molar refractivity (Wildman–Crippen MR) is 69.5 cm³/mol. The smallest absolute Gasteiger partial charge is 0.253 e. The Hall–Kier alpha value is -1.33. The number of rotatable bonds is 2. The van der Waals surface area contributed by atoms with Gasteiger partial charge in [0.1, 0.15) is 5.15 Å². The predicted octanol–water partition coefficient (Wildman–Crippen LogP) is 2.70. The average molecular weight is 315 g/mol. The van der Waals surface area contributed by atoms with Crippen LogP contribution < -0.4 is 5.73 Å². The minimum absolute atomic E-state index is 0.234. The Morgan fingerprint density at radius 3 is 2.47 bits per heavy atom. The third-order valence-corrected chi connectivity index (χ3v) is 3.20. The van der Waals surface area contributed by atoms with E-state index in [4.69, 9.17) is 17.3 Å². The van der Waals surface area contributed by atoms with Crippen molar-refractivity contribution in [2.45, 2.75) is 6.92 Å². The molecule has 2 aromatic rings. The number of carbonyl (C=O) groups is 1. The molecule has 1 heterocycles. The van der Waals surface area contributed by atoms with Gasteiger partial charge < -0.3 is 5.73 Å². The zero-order valence-corrected chi connectivity index (χ0v) is 11.3. The number of amides is 1. The maximum Gasteiger partial charge on any atom is 0.253 e. The number of hydrogen-bond donors (Lipinski definition) is 1. The molecule has 4 nitrogen and oxygen atoms in total. The van der Waals surface area contributed by atoms with Crippen molar-refractivity contribution in [3.8, 4) is 5.69 Å². The van der Waals surface area contributed by atoms with E-state index in [0.717, 1.165) is 10.2 Å². The van der Waals surface area contributed by atoms with E-state index in [1.165, 1.54) is 4.68 Å². The van der Waals surface area contributed by atoms with Crippen LogP contribution in [0.1, 0.15) is 16.1 Å². The second-order valence-corrected chi connectivity index (χ2v) is 4.78. The van der Waals surface area contributed by atoms with Crippen molar-refractivity contribution >= 4 is 33.4 Å². The minimum Gasteiger partial charge on any atom is -0.365 e. The number of aryl methyl sites for hydroxylation is 1. The Labute approximate surface area is 111 Å². The summed E-state index contributed by atoms with van der Waals surface area (Å²) in [6, 6.07) is 7.42. The van der Waals surface area contributed by atoms with Gasteiger partial charge >= 0.3 is 0 Å². The second kappa shape index (κ2) is 4.50. The molecule has 0 fully saturated rings. The minimum atomic E-state index is -0.573. The molecule has 0 radical (unpaired) electrons. The van der Waals surface area contributed by atoms with Crippen molar-refractivity contribution in [3.63, 3.8) is 0 Å². The molecule has 1 aromatic heterocycles. The van der Waals surface area contributed by atoms with Crippen LogP contribution in [0.5, 0.6) is 0 Å². The van der Waals surface area contributed by atoms with E-state index in [2.05, 4.69) is 21.0 Å². The molecule has 6 heteroatoms. The van der Waals surface area contributed by atoms with Gasteiger partial charge in [-0.3, -0.25) is 4.79 Å². The Morgan fingerprint density at radius 1 is 1.41 bits per heavy atom. The van der Waals surface area contributed by atoms with Gasteiger partial charge in [0.15, 0.2) is 0 Å². The summed E-state index contributed by atoms with van der Waals surface area (Å²) >= 11 is 9.43. The zero-order chi connectivity index (χ0) is 12.6. The van der Waals surface area contributed by atoms with Gasteiger partial charge in [0.2, 0.25) is 0 Å². The number of nitrogens with two attached hydrogens (primary N) is 1. The SMILES string of the molecule is Cc1nn(-c2ccc(Br)cc2)c(Cl)c1C(N)=O. The topological polar surface area (TPSA) is 60.9 Å². The van der Waals surface area contributed by atoms with Gasteiger partial charge in [0.25, 0.3) is 5.91 Å². The molecule has 0 aliphatic rings. The highest BCUT2D eigenvalue weighted by molar-refractivity contribution is 9.10. The fourth-order valence-electron chi connectivity index (χ4n) is 1.53. The van der Waals surface area contributed by atoms with Crippen LogP contribution >= 0.6 is 27.5 Å². The maximum atomic E-state index is 11.2. The molecule has 0 bridgehead atoms. The summed E-state index contributed by atoms with van der Waals surface area (Å²) in [4.78, 5) is 11.2. The van der Waals surface area contributed by atoms with E-state index >= 15 is 0 Å². The highest BCUT2D eigenvalue weighted by atomic mass is 79.9. The van der Waals surface area contributed by atoms with Crippen molar-refractivity contribution in [1.82, 2.24) is 9.78 Å². The van der Waals surface area contributed by atoms with Crippen LogP contribution in [-0.4, -0.2) is 15.7 Å². The number of halogens is 2. The lowest BCUT2D eigenvalue weighted by Crippen LogP contribution is -2.12. The second-order valence-electron chi connectivity index (χ2n) is 3.50. The first kappa shape index (κ1) is 12.1. The number of benzene rings is 1. The maximum absolute atomic E-state index is 11.2. The largest absolute Gasteiger partial charge is 0.365 e. The Kier molecular flexibility index (Phi) is 3.22. The lowest BCUT2D eigenvalue weighted by molar-refractivity contribution is 0.1000. The Morgan fingerprint density at radius 2 is 2.00 bits per heavy atom. The number of nitrogens with zero attached hydrogens (tertiary/aromatic N) is 2. The quantitative estimate of drug-likeness (QED) is 0.926. The van der Waals surface area contributed by atoms with Gasteiger partial charge in [-0.05, 0) is 31.2 Å². The van der Waals surface area contributed by atoms with Gasteiger partial charge in [0, 0.05) is 4.47 Å². The van der Waals surface area contributed by atoms with Crippen molar-refractivity contribution in [3.05, 3.63) is 45.1 Å². The highest BCUT2D eigenvalue weighted by Crippen LogP contribution is 2.23. The molecule has 0 aliphatic carbocycles. The van der Waals surface area contributed by atoms with Gasteiger partial charge in [0.05, 0.1) is 16.9 Å². The van der Waals surface area contributed by atoms with Crippen molar-refractivity contribution in [2.24, 2.45) is 5.73 Å². The van der Waals surface area contributed by atoms with Crippen LogP contribution in [0.3, 0.4) is 0 Å². The number of carbonyl (C=O) groups excluding carboxylic acids is 1. The van der Waals surface area contributed by atoms with E-state index in [0.29, 0.717) is 5.69 Å². The Bertz CT molecular complexity index is 577. The normalized spacial score (nSPS) is 10.5. The standard InChI is InChI=1S/C11H9BrClN3O/c1-6-9(11(14)17)10(13)16(15-6)8-4-2-7(12)3-5-8/h2-5H,1H3,(H2,14,17). The molecular weight excluding hydrogens is 305 g/mol. The van der Waals surface area contributed by atoms with E-state index in [-0.39, 0.29) is 10.7 Å². The molecule has 0 saturated carbocycles. The van der Waals surface area contributed by atoms with Crippen LogP contribution in [-0.2, 0) is 0 Å². The van der Waals surface area contributed by atoms with Crippen molar-refractivity contribution < 1.29 is 4.79 Å². The van der Waals surface area contributed by atoms with Crippen molar-refractivity contribution in [1.29, 1.82) is 0 Å². The van der Waals surface area contributed by atoms with E-state index in [1.54, 1.807) is 6.92 Å². The summed E-state index contributed by atoms with van der Waals surface area (Å²) in [5.41, 5.74) is 6.80. The van der Waals surface area contributed by atoms with Crippen LogP contribution in [0.4, 0.5) is 0 Å². The molecule has 0 aliphatic heterocycles. The van der Waals surface area contributed by atoms with E-state index in [9.17, 15) is 4.79 Å². The first-order valence-electron chi connectivity index (χ1n) is 4.81. The third-order valence-electron chi connectivity index (χ3n) is 2.32. The third kappa shape index (κ3) is 2.21. The summed E-state index contributed by atoms with van der Waals surface area (Å²) in [5.74, 6) is -0.573. The lowest BCUT2D eigenvalue weighted by Gasteiger charge is -2.02. The number of hydrogen-bond acceptors (Lipinski definition) is 2. The molecule has 1 aromatic carbocycles. The van der Waals surface area contributed by atoms with Gasteiger partial charge in [-0.25, -0.2) is 4.68 Å². The Balaban J connectivity index is 2.57. The van der Waals surface area contributed by atoms with Gasteiger partial charge in [-0.1, -0.05) is 27.5 Å². The van der Waals surface area contributed by atoms with Crippen molar-refractivity contribution in [2.75, 3.05) is 0 Å². The fourth-order valence-corrected chi connectivity index (χ4v) is 2.16. The molecular formula is C11H9BrClN3O. The molecule has 88 valence electrons. The molecule has 0 atom stereocenters.